The van der Waals surface area contributed by atoms with Crippen molar-refractivity contribution < 1.29 is 14.3 Å². The largest absolute Gasteiger partial charge is 0.478 e. The first-order valence-corrected chi connectivity index (χ1v) is 7.78. The lowest BCUT2D eigenvalue weighted by molar-refractivity contribution is -0.152. The molecule has 2 aromatic rings. The van der Waals surface area contributed by atoms with Crippen molar-refractivity contribution >= 4 is 5.97 Å². The number of carbonyl (C=O) groups excluding carboxylic acids is 1. The van der Waals surface area contributed by atoms with Crippen LogP contribution in [0.1, 0.15) is 37.5 Å². The number of nitriles is 1. The number of nitrogens with zero attached hydrogens (tertiary/aromatic N) is 4. The summed E-state index contributed by atoms with van der Waals surface area (Å²) in [6, 6.07) is 8.77. The summed E-state index contributed by atoms with van der Waals surface area (Å²) in [4.78, 5) is 12.1. The van der Waals surface area contributed by atoms with Gasteiger partial charge >= 0.3 is 5.97 Å². The van der Waals surface area contributed by atoms with Gasteiger partial charge in [-0.3, -0.25) is 0 Å². The van der Waals surface area contributed by atoms with Gasteiger partial charge < -0.3 is 14.0 Å². The predicted molar refractivity (Wildman–Crippen MR) is 86.1 cm³/mol. The summed E-state index contributed by atoms with van der Waals surface area (Å²) in [5.74, 6) is 1.23. The molecule has 126 valence electrons. The minimum absolute atomic E-state index is 0.0350. The lowest BCUT2D eigenvalue weighted by Gasteiger charge is -2.15. The predicted octanol–water partition coefficient (Wildman–Crippen LogP) is 2.38. The zero-order chi connectivity index (χ0) is 17.5. The molecule has 0 aliphatic rings. The molecule has 0 saturated carbocycles. The standard InChI is InChI=1S/C17H20N4O3/c1-4-9-21-13(3)19-20-16(21)11-23-17(22)12(2)24-15-8-6-5-7-14(15)10-18/h5-8,12H,4,9,11H2,1-3H3. The second kappa shape index (κ2) is 8.11. The maximum absolute atomic E-state index is 12.1. The number of hydrogen-bond acceptors (Lipinski definition) is 6. The third-order valence-corrected chi connectivity index (χ3v) is 3.45. The van der Waals surface area contributed by atoms with Gasteiger partial charge in [-0.25, -0.2) is 4.79 Å². The van der Waals surface area contributed by atoms with Gasteiger partial charge in [0, 0.05) is 6.54 Å². The van der Waals surface area contributed by atoms with E-state index < -0.39 is 12.1 Å². The van der Waals surface area contributed by atoms with E-state index in [4.69, 9.17) is 14.7 Å². The lowest BCUT2D eigenvalue weighted by Crippen LogP contribution is -2.26. The highest BCUT2D eigenvalue weighted by molar-refractivity contribution is 5.74. The number of rotatable bonds is 7. The van der Waals surface area contributed by atoms with Crippen molar-refractivity contribution in [3.05, 3.63) is 41.5 Å². The van der Waals surface area contributed by atoms with Crippen molar-refractivity contribution in [1.29, 1.82) is 5.26 Å². The average molecular weight is 328 g/mol. The second-order valence-electron chi connectivity index (χ2n) is 5.29. The van der Waals surface area contributed by atoms with Crippen molar-refractivity contribution in [2.24, 2.45) is 0 Å². The van der Waals surface area contributed by atoms with Crippen molar-refractivity contribution in [2.75, 3.05) is 0 Å². The molecule has 0 fully saturated rings. The molecule has 2 rings (SSSR count). The van der Waals surface area contributed by atoms with E-state index in [1.165, 1.54) is 0 Å². The van der Waals surface area contributed by atoms with Crippen LogP contribution in [0.25, 0.3) is 0 Å². The Hall–Kier alpha value is -2.88. The molecule has 1 unspecified atom stereocenters. The number of aryl methyl sites for hydroxylation is 1. The van der Waals surface area contributed by atoms with Crippen LogP contribution in [-0.2, 0) is 22.7 Å². The lowest BCUT2D eigenvalue weighted by atomic mass is 10.2. The summed E-state index contributed by atoms with van der Waals surface area (Å²) >= 11 is 0. The van der Waals surface area contributed by atoms with Crippen LogP contribution in [0.4, 0.5) is 0 Å². The van der Waals surface area contributed by atoms with E-state index >= 15 is 0 Å². The van der Waals surface area contributed by atoms with Gasteiger partial charge in [0.2, 0.25) is 0 Å². The molecule has 0 radical (unpaired) electrons. The van der Waals surface area contributed by atoms with Crippen LogP contribution >= 0.6 is 0 Å². The van der Waals surface area contributed by atoms with E-state index in [1.807, 2.05) is 17.6 Å². The monoisotopic (exact) mass is 328 g/mol. The highest BCUT2D eigenvalue weighted by Crippen LogP contribution is 2.18. The molecule has 1 aromatic heterocycles. The highest BCUT2D eigenvalue weighted by Gasteiger charge is 2.19. The highest BCUT2D eigenvalue weighted by atomic mass is 16.6. The fourth-order valence-corrected chi connectivity index (χ4v) is 2.20. The van der Waals surface area contributed by atoms with Crippen LogP contribution in [0.15, 0.2) is 24.3 Å². The summed E-state index contributed by atoms with van der Waals surface area (Å²) in [5.41, 5.74) is 0.371. The Labute approximate surface area is 140 Å². The molecular formula is C17H20N4O3. The summed E-state index contributed by atoms with van der Waals surface area (Å²) in [5, 5.41) is 17.1. The molecule has 1 aromatic carbocycles. The Morgan fingerprint density at radius 3 is 2.83 bits per heavy atom. The zero-order valence-electron chi connectivity index (χ0n) is 14.0. The van der Waals surface area contributed by atoms with Gasteiger partial charge in [0.15, 0.2) is 18.5 Å². The molecule has 1 heterocycles. The average Bonchev–Trinajstić information content (AvgIpc) is 2.93. The van der Waals surface area contributed by atoms with Crippen molar-refractivity contribution in [2.45, 2.75) is 46.4 Å². The Morgan fingerprint density at radius 2 is 2.12 bits per heavy atom. The normalized spacial score (nSPS) is 11.6. The minimum atomic E-state index is -0.830. The fourth-order valence-electron chi connectivity index (χ4n) is 2.20. The Bertz CT molecular complexity index is 749. The molecule has 7 nitrogen and oxygen atoms in total. The van der Waals surface area contributed by atoms with E-state index in [0.717, 1.165) is 18.8 Å². The van der Waals surface area contributed by atoms with Crippen LogP contribution < -0.4 is 4.74 Å². The van der Waals surface area contributed by atoms with Gasteiger partial charge in [-0.15, -0.1) is 10.2 Å². The van der Waals surface area contributed by atoms with Crippen LogP contribution in [0, 0.1) is 18.3 Å². The number of para-hydroxylation sites is 1. The minimum Gasteiger partial charge on any atom is -0.478 e. The Balaban J connectivity index is 1.96. The van der Waals surface area contributed by atoms with Gasteiger partial charge in [-0.1, -0.05) is 19.1 Å². The van der Waals surface area contributed by atoms with E-state index in [0.29, 0.717) is 17.1 Å². The summed E-state index contributed by atoms with van der Waals surface area (Å²) < 4.78 is 12.7. The zero-order valence-corrected chi connectivity index (χ0v) is 14.0. The second-order valence-corrected chi connectivity index (χ2v) is 5.29. The van der Waals surface area contributed by atoms with Gasteiger partial charge in [-0.05, 0) is 32.4 Å². The van der Waals surface area contributed by atoms with Crippen LogP contribution in [-0.4, -0.2) is 26.8 Å². The van der Waals surface area contributed by atoms with E-state index in [-0.39, 0.29) is 6.61 Å². The number of carbonyl (C=O) groups is 1. The van der Waals surface area contributed by atoms with Gasteiger partial charge in [0.1, 0.15) is 17.6 Å². The third kappa shape index (κ3) is 4.10. The van der Waals surface area contributed by atoms with Crippen LogP contribution in [0.3, 0.4) is 0 Å². The summed E-state index contributed by atoms with van der Waals surface area (Å²) in [6.45, 7) is 6.30. The topological polar surface area (TPSA) is 90.0 Å². The maximum Gasteiger partial charge on any atom is 0.347 e. The molecule has 0 amide bonds. The van der Waals surface area contributed by atoms with Gasteiger partial charge in [0.05, 0.1) is 5.56 Å². The van der Waals surface area contributed by atoms with Gasteiger partial charge in [0.25, 0.3) is 0 Å². The SMILES string of the molecule is CCCn1c(C)nnc1COC(=O)C(C)Oc1ccccc1C#N. The Kier molecular flexibility index (Phi) is 5.90. The molecule has 24 heavy (non-hydrogen) atoms. The van der Waals surface area contributed by atoms with Crippen molar-refractivity contribution in [3.8, 4) is 11.8 Å². The number of benzene rings is 1. The molecule has 0 saturated heterocycles. The number of ether oxygens (including phenoxy) is 2. The number of aromatic nitrogens is 3. The molecule has 0 bridgehead atoms. The van der Waals surface area contributed by atoms with E-state index in [2.05, 4.69) is 17.1 Å². The molecular weight excluding hydrogens is 308 g/mol. The molecule has 0 aliphatic heterocycles. The number of hydrogen-bond donors (Lipinski definition) is 0. The third-order valence-electron chi connectivity index (χ3n) is 3.45. The first-order chi connectivity index (χ1) is 11.6. The van der Waals surface area contributed by atoms with Crippen molar-refractivity contribution in [3.63, 3.8) is 0 Å². The van der Waals surface area contributed by atoms with E-state index in [1.54, 1.807) is 31.2 Å². The summed E-state index contributed by atoms with van der Waals surface area (Å²) in [6.07, 6.45) is 0.104. The van der Waals surface area contributed by atoms with Crippen LogP contribution in [0.2, 0.25) is 0 Å². The van der Waals surface area contributed by atoms with Crippen LogP contribution in [0.5, 0.6) is 5.75 Å². The smallest absolute Gasteiger partial charge is 0.347 e. The quantitative estimate of drug-likeness (QED) is 0.725. The molecule has 0 N–H and O–H groups in total. The van der Waals surface area contributed by atoms with E-state index in [9.17, 15) is 4.79 Å². The number of esters is 1. The maximum atomic E-state index is 12.1. The first-order valence-electron chi connectivity index (χ1n) is 7.78. The fraction of sp³-hybridized carbons (Fsp3) is 0.412. The summed E-state index contributed by atoms with van der Waals surface area (Å²) in [7, 11) is 0. The van der Waals surface area contributed by atoms with Crippen molar-refractivity contribution in [1.82, 2.24) is 14.8 Å². The molecule has 1 atom stereocenters. The molecule has 0 spiro atoms. The first kappa shape index (κ1) is 17.5. The van der Waals surface area contributed by atoms with Gasteiger partial charge in [-0.2, -0.15) is 5.26 Å². The Morgan fingerprint density at radius 1 is 1.38 bits per heavy atom. The molecule has 7 heteroatoms. The molecule has 0 aliphatic carbocycles.